The highest BCUT2D eigenvalue weighted by Crippen LogP contribution is 2.06. The third-order valence-corrected chi connectivity index (χ3v) is 2.98. The molecule has 2 N–H and O–H groups in total. The molecule has 0 heterocycles. The van der Waals surface area contributed by atoms with E-state index in [9.17, 15) is 0 Å². The Balaban J connectivity index is 2.33. The van der Waals surface area contributed by atoms with Gasteiger partial charge in [0, 0.05) is 12.6 Å². The van der Waals surface area contributed by atoms with Crippen molar-refractivity contribution in [2.75, 3.05) is 13.6 Å². The van der Waals surface area contributed by atoms with Crippen LogP contribution in [-0.2, 0) is 6.54 Å². The van der Waals surface area contributed by atoms with E-state index in [1.807, 2.05) is 0 Å². The van der Waals surface area contributed by atoms with Crippen molar-refractivity contribution in [3.05, 3.63) is 35.4 Å². The Labute approximate surface area is 99.5 Å². The molecule has 0 fully saturated rings. The van der Waals surface area contributed by atoms with Gasteiger partial charge in [0.15, 0.2) is 0 Å². The molecule has 0 amide bonds. The molecule has 0 saturated heterocycles. The van der Waals surface area contributed by atoms with E-state index in [0.717, 1.165) is 25.9 Å². The number of aryl methyl sites for hydroxylation is 1. The average Bonchev–Trinajstić information content (AvgIpc) is 2.29. The number of nitrogens with zero attached hydrogens (tertiary/aromatic N) is 1. The Morgan fingerprint density at radius 1 is 1.25 bits per heavy atom. The second-order valence-corrected chi connectivity index (χ2v) is 4.68. The first-order valence-electron chi connectivity index (χ1n) is 6.11. The zero-order valence-electron chi connectivity index (χ0n) is 10.7. The van der Waals surface area contributed by atoms with Gasteiger partial charge in [-0.15, -0.1) is 0 Å². The van der Waals surface area contributed by atoms with Gasteiger partial charge in [0.1, 0.15) is 0 Å². The molecule has 1 unspecified atom stereocenters. The van der Waals surface area contributed by atoms with Crippen LogP contribution < -0.4 is 5.73 Å². The first-order chi connectivity index (χ1) is 7.61. The van der Waals surface area contributed by atoms with Crippen LogP contribution in [0.5, 0.6) is 0 Å². The monoisotopic (exact) mass is 220 g/mol. The van der Waals surface area contributed by atoms with Crippen molar-refractivity contribution in [1.29, 1.82) is 0 Å². The summed E-state index contributed by atoms with van der Waals surface area (Å²) < 4.78 is 0. The molecule has 0 aliphatic rings. The van der Waals surface area contributed by atoms with Gasteiger partial charge in [-0.1, -0.05) is 36.8 Å². The van der Waals surface area contributed by atoms with Crippen molar-refractivity contribution in [3.63, 3.8) is 0 Å². The van der Waals surface area contributed by atoms with Gasteiger partial charge in [-0.25, -0.2) is 0 Å². The zero-order valence-corrected chi connectivity index (χ0v) is 10.7. The van der Waals surface area contributed by atoms with Crippen molar-refractivity contribution < 1.29 is 0 Å². The molecule has 0 aromatic heterocycles. The van der Waals surface area contributed by atoms with E-state index < -0.39 is 0 Å². The molecule has 0 saturated carbocycles. The molecule has 0 bridgehead atoms. The smallest absolute Gasteiger partial charge is 0.0230 e. The average molecular weight is 220 g/mol. The van der Waals surface area contributed by atoms with Crippen LogP contribution in [0.25, 0.3) is 0 Å². The van der Waals surface area contributed by atoms with Gasteiger partial charge in [0.25, 0.3) is 0 Å². The molecule has 1 rings (SSSR count). The van der Waals surface area contributed by atoms with Crippen LogP contribution in [0.3, 0.4) is 0 Å². The predicted octanol–water partition coefficient (Wildman–Crippen LogP) is 2.55. The third-order valence-electron chi connectivity index (χ3n) is 2.98. The van der Waals surface area contributed by atoms with Gasteiger partial charge in [0.05, 0.1) is 0 Å². The van der Waals surface area contributed by atoms with Crippen LogP contribution in [-0.4, -0.2) is 24.5 Å². The lowest BCUT2D eigenvalue weighted by Gasteiger charge is -2.18. The topological polar surface area (TPSA) is 29.3 Å². The van der Waals surface area contributed by atoms with Crippen LogP contribution in [0.4, 0.5) is 0 Å². The van der Waals surface area contributed by atoms with E-state index in [4.69, 9.17) is 5.73 Å². The molecule has 90 valence electrons. The largest absolute Gasteiger partial charge is 0.328 e. The highest BCUT2D eigenvalue weighted by Gasteiger charge is 2.03. The quantitative estimate of drug-likeness (QED) is 0.798. The van der Waals surface area contributed by atoms with Gasteiger partial charge in [-0.2, -0.15) is 0 Å². The minimum absolute atomic E-state index is 0.348. The lowest BCUT2D eigenvalue weighted by molar-refractivity contribution is 0.309. The highest BCUT2D eigenvalue weighted by atomic mass is 15.1. The van der Waals surface area contributed by atoms with Crippen LogP contribution in [0.1, 0.15) is 30.9 Å². The summed E-state index contributed by atoms with van der Waals surface area (Å²) in [6.45, 7) is 6.35. The van der Waals surface area contributed by atoms with Crippen molar-refractivity contribution >= 4 is 0 Å². The molecular formula is C14H24N2. The molecule has 0 spiro atoms. The lowest BCUT2D eigenvalue weighted by Crippen LogP contribution is -2.27. The fourth-order valence-corrected chi connectivity index (χ4v) is 1.67. The van der Waals surface area contributed by atoms with E-state index in [1.54, 1.807) is 0 Å². The fourth-order valence-electron chi connectivity index (χ4n) is 1.67. The van der Waals surface area contributed by atoms with Crippen LogP contribution >= 0.6 is 0 Å². The Hall–Kier alpha value is -0.860. The normalized spacial score (nSPS) is 13.1. The predicted molar refractivity (Wildman–Crippen MR) is 70.4 cm³/mol. The maximum atomic E-state index is 5.91. The van der Waals surface area contributed by atoms with Crippen LogP contribution in [0, 0.1) is 6.92 Å². The molecule has 0 aliphatic heterocycles. The summed E-state index contributed by atoms with van der Waals surface area (Å²) in [4.78, 5) is 2.33. The van der Waals surface area contributed by atoms with E-state index >= 15 is 0 Å². The maximum absolute atomic E-state index is 5.91. The number of nitrogens with two attached hydrogens (primary N) is 1. The Bertz CT molecular complexity index is 292. The van der Waals surface area contributed by atoms with Crippen LogP contribution in [0.2, 0.25) is 0 Å². The summed E-state index contributed by atoms with van der Waals surface area (Å²) in [5.74, 6) is 0. The first-order valence-corrected chi connectivity index (χ1v) is 6.11. The summed E-state index contributed by atoms with van der Waals surface area (Å²) in [7, 11) is 2.15. The van der Waals surface area contributed by atoms with Gasteiger partial charge in [-0.05, 0) is 38.9 Å². The standard InChI is InChI=1S/C14H24N2/c1-4-14(15)9-10-16(3)11-13-7-5-12(2)6-8-13/h5-8,14H,4,9-11,15H2,1-3H3. The summed E-state index contributed by atoms with van der Waals surface area (Å²) in [5, 5.41) is 0. The van der Waals surface area contributed by atoms with Crippen molar-refractivity contribution in [3.8, 4) is 0 Å². The molecule has 0 aliphatic carbocycles. The Morgan fingerprint density at radius 3 is 2.44 bits per heavy atom. The highest BCUT2D eigenvalue weighted by molar-refractivity contribution is 5.21. The summed E-state index contributed by atoms with van der Waals surface area (Å²) in [5.41, 5.74) is 8.60. The summed E-state index contributed by atoms with van der Waals surface area (Å²) >= 11 is 0. The van der Waals surface area contributed by atoms with Crippen molar-refractivity contribution in [2.24, 2.45) is 5.73 Å². The molecule has 2 nitrogen and oxygen atoms in total. The van der Waals surface area contributed by atoms with Gasteiger partial charge >= 0.3 is 0 Å². The van der Waals surface area contributed by atoms with Gasteiger partial charge < -0.3 is 10.6 Å². The SMILES string of the molecule is CCC(N)CCN(C)Cc1ccc(C)cc1. The van der Waals surface area contributed by atoms with E-state index in [-0.39, 0.29) is 0 Å². The Morgan fingerprint density at radius 2 is 1.88 bits per heavy atom. The van der Waals surface area contributed by atoms with Crippen molar-refractivity contribution in [1.82, 2.24) is 4.90 Å². The molecule has 0 radical (unpaired) electrons. The zero-order chi connectivity index (χ0) is 12.0. The van der Waals surface area contributed by atoms with Gasteiger partial charge in [0.2, 0.25) is 0 Å². The molecule has 1 aromatic rings. The second kappa shape index (κ2) is 6.66. The molecule has 1 atom stereocenters. The molecule has 16 heavy (non-hydrogen) atoms. The minimum atomic E-state index is 0.348. The number of benzene rings is 1. The van der Waals surface area contributed by atoms with Crippen LogP contribution in [0.15, 0.2) is 24.3 Å². The van der Waals surface area contributed by atoms with E-state index in [1.165, 1.54) is 11.1 Å². The lowest BCUT2D eigenvalue weighted by atomic mass is 10.1. The first kappa shape index (κ1) is 13.2. The molecule has 2 heteroatoms. The summed E-state index contributed by atoms with van der Waals surface area (Å²) in [6.07, 6.45) is 2.15. The maximum Gasteiger partial charge on any atom is 0.0230 e. The second-order valence-electron chi connectivity index (χ2n) is 4.68. The van der Waals surface area contributed by atoms with Gasteiger partial charge in [-0.3, -0.25) is 0 Å². The fraction of sp³-hybridized carbons (Fsp3) is 0.571. The number of hydrogen-bond donors (Lipinski definition) is 1. The number of rotatable bonds is 6. The number of hydrogen-bond acceptors (Lipinski definition) is 2. The minimum Gasteiger partial charge on any atom is -0.328 e. The molecule has 1 aromatic carbocycles. The Kier molecular flexibility index (Phi) is 5.50. The molecular weight excluding hydrogens is 196 g/mol. The van der Waals surface area contributed by atoms with E-state index in [2.05, 4.69) is 50.1 Å². The summed E-state index contributed by atoms with van der Waals surface area (Å²) in [6, 6.07) is 9.08. The third kappa shape index (κ3) is 4.77. The van der Waals surface area contributed by atoms with E-state index in [0.29, 0.717) is 6.04 Å². The van der Waals surface area contributed by atoms with Crippen molar-refractivity contribution in [2.45, 2.75) is 39.3 Å².